The normalized spacial score (nSPS) is 15.2. The Morgan fingerprint density at radius 3 is 2.16 bits per heavy atom. The van der Waals surface area contributed by atoms with Gasteiger partial charge in [0.1, 0.15) is 11.5 Å². The summed E-state index contributed by atoms with van der Waals surface area (Å²) >= 11 is 0. The molecule has 32 heavy (non-hydrogen) atoms. The van der Waals surface area contributed by atoms with E-state index in [0.29, 0.717) is 35.1 Å². The number of amides is 1. The van der Waals surface area contributed by atoms with Gasteiger partial charge in [0.2, 0.25) is 5.91 Å². The van der Waals surface area contributed by atoms with E-state index in [4.69, 9.17) is 24.1 Å². The molecule has 1 atom stereocenters. The average Bonchev–Trinajstić information content (AvgIpc) is 3.27. The van der Waals surface area contributed by atoms with Crippen molar-refractivity contribution in [3.63, 3.8) is 0 Å². The first-order valence-corrected chi connectivity index (χ1v) is 9.96. The van der Waals surface area contributed by atoms with Crippen molar-refractivity contribution in [2.45, 2.75) is 25.3 Å². The van der Waals surface area contributed by atoms with E-state index in [2.05, 4.69) is 5.10 Å². The predicted molar refractivity (Wildman–Crippen MR) is 117 cm³/mol. The Kier molecular flexibility index (Phi) is 7.19. The molecule has 1 heterocycles. The first kappa shape index (κ1) is 22.9. The molecule has 1 aliphatic heterocycles. The van der Waals surface area contributed by atoms with Crippen LogP contribution < -0.4 is 18.9 Å². The van der Waals surface area contributed by atoms with Crippen molar-refractivity contribution in [2.75, 3.05) is 28.4 Å². The van der Waals surface area contributed by atoms with Crippen LogP contribution in [0.25, 0.3) is 0 Å². The molecule has 0 saturated heterocycles. The van der Waals surface area contributed by atoms with Crippen molar-refractivity contribution in [2.24, 2.45) is 5.10 Å². The smallest absolute Gasteiger partial charge is 0.303 e. The van der Waals surface area contributed by atoms with Gasteiger partial charge in [-0.3, -0.25) is 9.59 Å². The Labute approximate surface area is 186 Å². The third-order valence-corrected chi connectivity index (χ3v) is 5.20. The zero-order valence-electron chi connectivity index (χ0n) is 18.5. The van der Waals surface area contributed by atoms with Gasteiger partial charge in [0.15, 0.2) is 11.5 Å². The van der Waals surface area contributed by atoms with E-state index in [1.54, 1.807) is 39.5 Å². The first-order valence-electron chi connectivity index (χ1n) is 9.96. The first-order chi connectivity index (χ1) is 15.4. The summed E-state index contributed by atoms with van der Waals surface area (Å²) in [5, 5.41) is 14.9. The van der Waals surface area contributed by atoms with Crippen molar-refractivity contribution in [1.29, 1.82) is 0 Å². The number of hydrogen-bond donors (Lipinski definition) is 1. The molecule has 3 rings (SSSR count). The largest absolute Gasteiger partial charge is 0.497 e. The van der Waals surface area contributed by atoms with E-state index >= 15 is 0 Å². The minimum Gasteiger partial charge on any atom is -0.497 e. The second-order valence-electron chi connectivity index (χ2n) is 7.11. The van der Waals surface area contributed by atoms with Gasteiger partial charge in [0, 0.05) is 24.5 Å². The van der Waals surface area contributed by atoms with E-state index in [-0.39, 0.29) is 18.7 Å². The third-order valence-electron chi connectivity index (χ3n) is 5.20. The van der Waals surface area contributed by atoms with E-state index in [0.717, 1.165) is 11.1 Å². The van der Waals surface area contributed by atoms with Crippen molar-refractivity contribution >= 4 is 17.6 Å². The third kappa shape index (κ3) is 4.93. The van der Waals surface area contributed by atoms with Gasteiger partial charge in [0.05, 0.1) is 46.6 Å². The Balaban J connectivity index is 2.00. The van der Waals surface area contributed by atoms with Crippen LogP contribution in [0.15, 0.2) is 41.5 Å². The minimum absolute atomic E-state index is 0.155. The van der Waals surface area contributed by atoms with Crippen molar-refractivity contribution in [3.8, 4) is 23.0 Å². The monoisotopic (exact) mass is 442 g/mol. The quantitative estimate of drug-likeness (QED) is 0.635. The predicted octanol–water partition coefficient (Wildman–Crippen LogP) is 3.26. The minimum atomic E-state index is -1.04. The van der Waals surface area contributed by atoms with E-state index in [1.807, 2.05) is 18.2 Å². The molecule has 1 amide bonds. The number of ether oxygens (including phenoxy) is 4. The summed E-state index contributed by atoms with van der Waals surface area (Å²) < 4.78 is 21.4. The lowest BCUT2D eigenvalue weighted by Gasteiger charge is -2.22. The fourth-order valence-corrected chi connectivity index (χ4v) is 3.54. The Hall–Kier alpha value is -3.75. The summed E-state index contributed by atoms with van der Waals surface area (Å²) in [5.74, 6) is 0.871. The van der Waals surface area contributed by atoms with Gasteiger partial charge in [-0.25, -0.2) is 5.01 Å². The highest BCUT2D eigenvalue weighted by Crippen LogP contribution is 2.38. The standard InChI is InChI=1S/C23H26N2O7/c1-29-16-9-15(10-17(12-16)30-2)18-13-19(25(24-18)22(26)7-8-23(27)28)14-5-6-20(31-3)21(11-14)32-4/h5-6,9-12,19H,7-8,13H2,1-4H3,(H,27,28). The number of aliphatic carboxylic acids is 1. The van der Waals surface area contributed by atoms with Gasteiger partial charge >= 0.3 is 5.97 Å². The van der Waals surface area contributed by atoms with Gasteiger partial charge in [0.25, 0.3) is 0 Å². The topological polar surface area (TPSA) is 107 Å². The zero-order chi connectivity index (χ0) is 23.3. The molecule has 170 valence electrons. The van der Waals surface area contributed by atoms with Crippen LogP contribution >= 0.6 is 0 Å². The number of benzene rings is 2. The highest BCUT2D eigenvalue weighted by molar-refractivity contribution is 6.04. The maximum Gasteiger partial charge on any atom is 0.303 e. The van der Waals surface area contributed by atoms with Crippen LogP contribution in [0.5, 0.6) is 23.0 Å². The number of carbonyl (C=O) groups is 2. The molecule has 9 heteroatoms. The molecule has 0 radical (unpaired) electrons. The van der Waals surface area contributed by atoms with E-state index < -0.39 is 12.0 Å². The number of nitrogens with zero attached hydrogens (tertiary/aromatic N) is 2. The number of methoxy groups -OCH3 is 4. The van der Waals surface area contributed by atoms with Gasteiger partial charge in [-0.2, -0.15) is 5.10 Å². The highest BCUT2D eigenvalue weighted by atomic mass is 16.5. The van der Waals surface area contributed by atoms with Gasteiger partial charge in [-0.15, -0.1) is 0 Å². The SMILES string of the molecule is COc1cc(OC)cc(C2=NN(C(=O)CCC(=O)O)C(c3ccc(OC)c(OC)c3)C2)c1. The molecule has 0 spiro atoms. The number of carboxylic acids is 1. The zero-order valence-corrected chi connectivity index (χ0v) is 18.5. The summed E-state index contributed by atoms with van der Waals surface area (Å²) in [5.41, 5.74) is 2.20. The van der Waals surface area contributed by atoms with Crippen molar-refractivity contribution in [1.82, 2.24) is 5.01 Å². The summed E-state index contributed by atoms with van der Waals surface area (Å²) in [6, 6.07) is 10.4. The second-order valence-corrected chi connectivity index (χ2v) is 7.11. The van der Waals surface area contributed by atoms with Crippen LogP contribution in [-0.2, 0) is 9.59 Å². The van der Waals surface area contributed by atoms with E-state index in [1.165, 1.54) is 12.1 Å². The molecular weight excluding hydrogens is 416 g/mol. The summed E-state index contributed by atoms with van der Waals surface area (Å²) in [7, 11) is 6.20. The van der Waals surface area contributed by atoms with Crippen LogP contribution in [0, 0.1) is 0 Å². The Morgan fingerprint density at radius 1 is 0.938 bits per heavy atom. The van der Waals surface area contributed by atoms with Gasteiger partial charge in [-0.05, 0) is 29.8 Å². The Morgan fingerprint density at radius 2 is 1.59 bits per heavy atom. The maximum absolute atomic E-state index is 12.9. The molecule has 0 aromatic heterocycles. The number of hydrogen-bond acceptors (Lipinski definition) is 7. The Bertz CT molecular complexity index is 1010. The molecule has 1 aliphatic rings. The van der Waals surface area contributed by atoms with Crippen molar-refractivity contribution in [3.05, 3.63) is 47.5 Å². The number of rotatable bonds is 9. The van der Waals surface area contributed by atoms with Crippen LogP contribution in [0.1, 0.15) is 36.4 Å². The lowest BCUT2D eigenvalue weighted by Crippen LogP contribution is -2.27. The molecular formula is C23H26N2O7. The molecule has 2 aromatic carbocycles. The summed E-state index contributed by atoms with van der Waals surface area (Å²) in [4.78, 5) is 23.9. The fraction of sp³-hybridized carbons (Fsp3) is 0.348. The molecule has 0 aliphatic carbocycles. The molecule has 0 saturated carbocycles. The second kappa shape index (κ2) is 10.0. The molecule has 2 aromatic rings. The summed E-state index contributed by atoms with van der Waals surface area (Å²) in [6.07, 6.45) is -0.00618. The molecule has 9 nitrogen and oxygen atoms in total. The molecule has 1 unspecified atom stereocenters. The van der Waals surface area contributed by atoms with Gasteiger partial charge < -0.3 is 24.1 Å². The molecule has 0 fully saturated rings. The van der Waals surface area contributed by atoms with Crippen LogP contribution in [0.4, 0.5) is 0 Å². The molecule has 0 bridgehead atoms. The summed E-state index contributed by atoms with van der Waals surface area (Å²) in [6.45, 7) is 0. The maximum atomic E-state index is 12.9. The van der Waals surface area contributed by atoms with Crippen LogP contribution in [0.3, 0.4) is 0 Å². The number of carboxylic acid groups (broad SMARTS) is 1. The van der Waals surface area contributed by atoms with Crippen LogP contribution in [-0.4, -0.2) is 56.1 Å². The number of hydrazone groups is 1. The fourth-order valence-electron chi connectivity index (χ4n) is 3.54. The number of carbonyl (C=O) groups excluding carboxylic acids is 1. The lowest BCUT2D eigenvalue weighted by molar-refractivity contribution is -0.141. The average molecular weight is 442 g/mol. The molecule has 1 N–H and O–H groups in total. The van der Waals surface area contributed by atoms with E-state index in [9.17, 15) is 9.59 Å². The highest BCUT2D eigenvalue weighted by Gasteiger charge is 2.34. The van der Waals surface area contributed by atoms with Crippen molar-refractivity contribution < 1.29 is 33.6 Å². The van der Waals surface area contributed by atoms with Gasteiger partial charge in [-0.1, -0.05) is 6.07 Å². The lowest BCUT2D eigenvalue weighted by atomic mass is 9.97. The van der Waals surface area contributed by atoms with Crippen LogP contribution in [0.2, 0.25) is 0 Å².